The monoisotopic (exact) mass is 421 g/mol. The van der Waals surface area contributed by atoms with Gasteiger partial charge in [-0.25, -0.2) is 0 Å². The van der Waals surface area contributed by atoms with Crippen LogP contribution in [0, 0.1) is 0 Å². The minimum atomic E-state index is -4.70. The number of halogens is 4. The molecule has 9 heteroatoms. The molecule has 2 aromatic carbocycles. The van der Waals surface area contributed by atoms with E-state index in [0.29, 0.717) is 28.2 Å². The highest BCUT2D eigenvalue weighted by Crippen LogP contribution is 2.29. The summed E-state index contributed by atoms with van der Waals surface area (Å²) in [7, 11) is 0. The predicted octanol–water partition coefficient (Wildman–Crippen LogP) is 4.39. The number of nitrogens with one attached hydrogen (secondary N) is 1. The molecule has 0 unspecified atom stereocenters. The van der Waals surface area contributed by atoms with Crippen molar-refractivity contribution in [3.8, 4) is 0 Å². The lowest BCUT2D eigenvalue weighted by Gasteiger charge is -2.25. The Morgan fingerprint density at radius 1 is 1.00 bits per heavy atom. The van der Waals surface area contributed by atoms with Crippen LogP contribution in [-0.2, 0) is 17.5 Å². The number of hydrogen-bond acceptors (Lipinski definition) is 3. The van der Waals surface area contributed by atoms with E-state index in [9.17, 15) is 22.8 Å². The first-order chi connectivity index (χ1) is 13.8. The number of hydrazine groups is 1. The summed E-state index contributed by atoms with van der Waals surface area (Å²) in [5.41, 5.74) is 1.86. The zero-order valence-corrected chi connectivity index (χ0v) is 15.6. The number of aromatic nitrogens is 1. The van der Waals surface area contributed by atoms with Gasteiger partial charge in [0.15, 0.2) is 0 Å². The molecule has 1 amide bonds. The van der Waals surface area contributed by atoms with Gasteiger partial charge in [-0.05, 0) is 30.3 Å². The third kappa shape index (κ3) is 4.97. The molecule has 0 atom stereocenters. The third-order valence-electron chi connectivity index (χ3n) is 3.95. The summed E-state index contributed by atoms with van der Waals surface area (Å²) in [6.45, 7) is -0.640. The van der Waals surface area contributed by atoms with Crippen LogP contribution >= 0.6 is 11.6 Å². The summed E-state index contributed by atoms with van der Waals surface area (Å²) in [5.74, 6) is -0.699. The minimum Gasteiger partial charge on any atom is -0.304 e. The van der Waals surface area contributed by atoms with E-state index >= 15 is 0 Å². The van der Waals surface area contributed by atoms with E-state index in [1.807, 2.05) is 0 Å². The Kier molecular flexibility index (Phi) is 5.93. The molecule has 0 bridgehead atoms. The fourth-order valence-electron chi connectivity index (χ4n) is 2.62. The van der Waals surface area contributed by atoms with Crippen LogP contribution in [-0.4, -0.2) is 10.5 Å². The summed E-state index contributed by atoms with van der Waals surface area (Å²) >= 11 is 5.63. The molecule has 1 N–H and O–H groups in total. The molecule has 1 heterocycles. The standard InChI is InChI=1S/C20H15ClF3N3O2/c21-17-11-14(20(22,23)24)12-26(19(17)29)13-18(28)25-27(15-7-3-1-4-8-15)16-9-5-2-6-10-16/h1-12H,13H2,(H,25,28). The van der Waals surface area contributed by atoms with E-state index in [-0.39, 0.29) is 0 Å². The number of nitrogens with zero attached hydrogens (tertiary/aromatic N) is 2. The van der Waals surface area contributed by atoms with E-state index in [1.165, 1.54) is 5.01 Å². The number of benzene rings is 2. The third-order valence-corrected chi connectivity index (χ3v) is 4.22. The number of hydrogen-bond donors (Lipinski definition) is 1. The van der Waals surface area contributed by atoms with Crippen molar-refractivity contribution in [2.24, 2.45) is 0 Å². The van der Waals surface area contributed by atoms with E-state index in [1.54, 1.807) is 60.7 Å². The topological polar surface area (TPSA) is 54.3 Å². The largest absolute Gasteiger partial charge is 0.417 e. The van der Waals surface area contributed by atoms with Crippen LogP contribution in [0.15, 0.2) is 77.7 Å². The minimum absolute atomic E-state index is 0.540. The Bertz CT molecular complexity index is 1010. The number of anilines is 2. The molecular weight excluding hydrogens is 407 g/mol. The van der Waals surface area contributed by atoms with Crippen LogP contribution in [0.4, 0.5) is 24.5 Å². The van der Waals surface area contributed by atoms with Gasteiger partial charge in [0.1, 0.15) is 11.6 Å². The Labute approximate surface area is 168 Å². The SMILES string of the molecule is O=C(Cn1cc(C(F)(F)F)cc(Cl)c1=O)NN(c1ccccc1)c1ccccc1. The lowest BCUT2D eigenvalue weighted by Crippen LogP contribution is -2.42. The number of para-hydroxylation sites is 2. The number of carbonyl (C=O) groups excluding carboxylic acids is 1. The van der Waals surface area contributed by atoms with Crippen molar-refractivity contribution in [3.63, 3.8) is 0 Å². The second-order valence-corrected chi connectivity index (χ2v) is 6.46. The van der Waals surface area contributed by atoms with Crippen molar-refractivity contribution in [2.75, 3.05) is 5.01 Å². The van der Waals surface area contributed by atoms with Crippen molar-refractivity contribution in [1.82, 2.24) is 9.99 Å². The van der Waals surface area contributed by atoms with Crippen LogP contribution < -0.4 is 16.0 Å². The molecule has 150 valence electrons. The molecule has 5 nitrogen and oxygen atoms in total. The Morgan fingerprint density at radius 3 is 2.00 bits per heavy atom. The Hall–Kier alpha value is -3.26. The Morgan fingerprint density at radius 2 is 1.52 bits per heavy atom. The van der Waals surface area contributed by atoms with E-state index in [0.717, 1.165) is 0 Å². The van der Waals surface area contributed by atoms with E-state index in [2.05, 4.69) is 5.43 Å². The zero-order chi connectivity index (χ0) is 21.0. The fourth-order valence-corrected chi connectivity index (χ4v) is 2.84. The molecule has 0 aliphatic rings. The molecule has 29 heavy (non-hydrogen) atoms. The summed E-state index contributed by atoms with van der Waals surface area (Å²) in [5, 5.41) is 0.860. The average Bonchev–Trinajstić information content (AvgIpc) is 2.70. The summed E-state index contributed by atoms with van der Waals surface area (Å²) in [6.07, 6.45) is -4.13. The Balaban J connectivity index is 1.89. The summed E-state index contributed by atoms with van der Waals surface area (Å²) in [4.78, 5) is 24.6. The van der Waals surface area contributed by atoms with Gasteiger partial charge in [0.2, 0.25) is 0 Å². The maximum Gasteiger partial charge on any atom is 0.417 e. The smallest absolute Gasteiger partial charge is 0.304 e. The second kappa shape index (κ2) is 8.40. The summed E-state index contributed by atoms with van der Waals surface area (Å²) < 4.78 is 39.6. The molecule has 0 saturated heterocycles. The van der Waals surface area contributed by atoms with Crippen molar-refractivity contribution in [1.29, 1.82) is 0 Å². The summed E-state index contributed by atoms with van der Waals surface area (Å²) in [6, 6.07) is 18.2. The predicted molar refractivity (Wildman–Crippen MR) is 104 cm³/mol. The molecule has 3 aromatic rings. The molecule has 0 aliphatic heterocycles. The van der Waals surface area contributed by atoms with Gasteiger partial charge in [-0.15, -0.1) is 0 Å². The van der Waals surface area contributed by atoms with Gasteiger partial charge in [0.05, 0.1) is 16.9 Å². The maximum absolute atomic E-state index is 13.0. The van der Waals surface area contributed by atoms with Gasteiger partial charge >= 0.3 is 6.18 Å². The molecular formula is C20H15ClF3N3O2. The molecule has 0 aliphatic carbocycles. The number of carbonyl (C=O) groups is 1. The lowest BCUT2D eigenvalue weighted by molar-refractivity contribution is -0.138. The van der Waals surface area contributed by atoms with Gasteiger partial charge in [-0.1, -0.05) is 48.0 Å². The number of amides is 1. The molecule has 0 saturated carbocycles. The van der Waals surface area contributed by atoms with Gasteiger partial charge in [-0.2, -0.15) is 13.2 Å². The number of alkyl halides is 3. The molecule has 3 rings (SSSR count). The highest BCUT2D eigenvalue weighted by molar-refractivity contribution is 6.30. The first-order valence-corrected chi connectivity index (χ1v) is 8.80. The highest BCUT2D eigenvalue weighted by Gasteiger charge is 2.32. The average molecular weight is 422 g/mol. The second-order valence-electron chi connectivity index (χ2n) is 6.05. The van der Waals surface area contributed by atoms with Gasteiger partial charge < -0.3 is 4.57 Å². The van der Waals surface area contributed by atoms with Crippen LogP contribution in [0.25, 0.3) is 0 Å². The maximum atomic E-state index is 13.0. The van der Waals surface area contributed by atoms with Crippen LogP contribution in [0.5, 0.6) is 0 Å². The molecule has 0 radical (unpaired) electrons. The number of pyridine rings is 1. The number of rotatable bonds is 5. The van der Waals surface area contributed by atoms with Crippen LogP contribution in [0.2, 0.25) is 5.02 Å². The highest BCUT2D eigenvalue weighted by atomic mass is 35.5. The quantitative estimate of drug-likeness (QED) is 0.622. The van der Waals surface area contributed by atoms with Crippen LogP contribution in [0.1, 0.15) is 5.56 Å². The van der Waals surface area contributed by atoms with Gasteiger partial charge in [0.25, 0.3) is 11.5 Å². The van der Waals surface area contributed by atoms with Crippen molar-refractivity contribution in [2.45, 2.75) is 12.7 Å². The first-order valence-electron chi connectivity index (χ1n) is 8.42. The van der Waals surface area contributed by atoms with Crippen molar-refractivity contribution < 1.29 is 18.0 Å². The molecule has 0 spiro atoms. The first kappa shape index (κ1) is 20.5. The normalized spacial score (nSPS) is 11.2. The fraction of sp³-hybridized carbons (Fsp3) is 0.100. The van der Waals surface area contributed by atoms with Gasteiger partial charge in [-0.3, -0.25) is 20.0 Å². The zero-order valence-electron chi connectivity index (χ0n) is 14.9. The van der Waals surface area contributed by atoms with E-state index < -0.39 is 34.8 Å². The van der Waals surface area contributed by atoms with E-state index in [4.69, 9.17) is 11.6 Å². The van der Waals surface area contributed by atoms with Gasteiger partial charge in [0, 0.05) is 6.20 Å². The van der Waals surface area contributed by atoms with Crippen molar-refractivity contribution >= 4 is 28.9 Å². The van der Waals surface area contributed by atoms with Crippen LogP contribution in [0.3, 0.4) is 0 Å². The molecule has 1 aromatic heterocycles. The lowest BCUT2D eigenvalue weighted by atomic mass is 10.2. The molecule has 0 fully saturated rings. The van der Waals surface area contributed by atoms with Crippen molar-refractivity contribution in [3.05, 3.63) is 93.9 Å².